The molecular formula is C16H31NO3. The highest BCUT2D eigenvalue weighted by molar-refractivity contribution is 5.81. The van der Waals surface area contributed by atoms with E-state index in [9.17, 15) is 4.79 Å². The molecule has 4 heteroatoms. The standard InChI is InChI=1S/C16H31NO3/c1-5-17-16(15(18)20-6-2)10-7-8-14(16)9-11-19-12-13(3)4/h13-14,17H,5-12H2,1-4H3. The van der Waals surface area contributed by atoms with Gasteiger partial charge in [0.2, 0.25) is 0 Å². The van der Waals surface area contributed by atoms with E-state index in [-0.39, 0.29) is 5.97 Å². The zero-order valence-electron chi connectivity index (χ0n) is 13.5. The van der Waals surface area contributed by atoms with E-state index in [1.807, 2.05) is 13.8 Å². The predicted octanol–water partition coefficient (Wildman–Crippen LogP) is 2.76. The van der Waals surface area contributed by atoms with Gasteiger partial charge < -0.3 is 14.8 Å². The second-order valence-corrected chi connectivity index (χ2v) is 6.07. The first-order valence-corrected chi connectivity index (χ1v) is 8.06. The van der Waals surface area contributed by atoms with Crippen LogP contribution in [0, 0.1) is 11.8 Å². The summed E-state index contributed by atoms with van der Waals surface area (Å²) in [7, 11) is 0. The minimum absolute atomic E-state index is 0.0757. The van der Waals surface area contributed by atoms with Crippen LogP contribution in [0.3, 0.4) is 0 Å². The summed E-state index contributed by atoms with van der Waals surface area (Å²) in [5, 5.41) is 3.41. The molecule has 0 aromatic carbocycles. The van der Waals surface area contributed by atoms with Gasteiger partial charge in [0, 0.05) is 13.2 Å². The van der Waals surface area contributed by atoms with E-state index in [2.05, 4.69) is 19.2 Å². The summed E-state index contributed by atoms with van der Waals surface area (Å²) in [6, 6.07) is 0. The second kappa shape index (κ2) is 8.63. The second-order valence-electron chi connectivity index (χ2n) is 6.07. The predicted molar refractivity (Wildman–Crippen MR) is 80.7 cm³/mol. The summed E-state index contributed by atoms with van der Waals surface area (Å²) in [5.74, 6) is 0.809. The number of rotatable bonds is 9. The van der Waals surface area contributed by atoms with Crippen LogP contribution in [-0.2, 0) is 14.3 Å². The molecular weight excluding hydrogens is 254 g/mol. The molecule has 118 valence electrons. The lowest BCUT2D eigenvalue weighted by molar-refractivity contribution is -0.153. The van der Waals surface area contributed by atoms with Crippen LogP contribution in [0.5, 0.6) is 0 Å². The normalized spacial score (nSPS) is 26.1. The molecule has 1 aliphatic carbocycles. The Morgan fingerprint density at radius 1 is 1.40 bits per heavy atom. The fourth-order valence-electron chi connectivity index (χ4n) is 3.16. The molecule has 1 N–H and O–H groups in total. The Kier molecular flexibility index (Phi) is 7.52. The van der Waals surface area contributed by atoms with Gasteiger partial charge in [-0.1, -0.05) is 27.2 Å². The van der Waals surface area contributed by atoms with Gasteiger partial charge in [0.25, 0.3) is 0 Å². The van der Waals surface area contributed by atoms with E-state index in [0.29, 0.717) is 18.4 Å². The Morgan fingerprint density at radius 2 is 2.15 bits per heavy atom. The minimum atomic E-state index is -0.480. The number of carbonyl (C=O) groups excluding carboxylic acids is 1. The molecule has 0 radical (unpaired) electrons. The Morgan fingerprint density at radius 3 is 2.75 bits per heavy atom. The van der Waals surface area contributed by atoms with Crippen LogP contribution in [0.4, 0.5) is 0 Å². The number of likely N-dealkylation sites (N-methyl/N-ethyl adjacent to an activating group) is 1. The van der Waals surface area contributed by atoms with Crippen molar-refractivity contribution < 1.29 is 14.3 Å². The largest absolute Gasteiger partial charge is 0.465 e. The van der Waals surface area contributed by atoms with Gasteiger partial charge in [-0.15, -0.1) is 0 Å². The van der Waals surface area contributed by atoms with Crippen LogP contribution in [0.15, 0.2) is 0 Å². The smallest absolute Gasteiger partial charge is 0.326 e. The van der Waals surface area contributed by atoms with E-state index in [1.165, 1.54) is 0 Å². The van der Waals surface area contributed by atoms with Crippen molar-refractivity contribution >= 4 is 5.97 Å². The lowest BCUT2D eigenvalue weighted by Gasteiger charge is -2.34. The van der Waals surface area contributed by atoms with Gasteiger partial charge in [0.1, 0.15) is 5.54 Å². The van der Waals surface area contributed by atoms with Gasteiger partial charge in [0.05, 0.1) is 6.61 Å². The fraction of sp³-hybridized carbons (Fsp3) is 0.938. The molecule has 1 fully saturated rings. The van der Waals surface area contributed by atoms with Gasteiger partial charge in [0.15, 0.2) is 0 Å². The van der Waals surface area contributed by atoms with E-state index < -0.39 is 5.54 Å². The third-order valence-corrected chi connectivity index (χ3v) is 4.01. The molecule has 0 aliphatic heterocycles. The molecule has 4 nitrogen and oxygen atoms in total. The van der Waals surface area contributed by atoms with Crippen molar-refractivity contribution in [3.05, 3.63) is 0 Å². The van der Waals surface area contributed by atoms with E-state index in [1.54, 1.807) is 0 Å². The zero-order valence-corrected chi connectivity index (χ0v) is 13.5. The van der Waals surface area contributed by atoms with Crippen molar-refractivity contribution in [3.63, 3.8) is 0 Å². The number of hydrogen-bond acceptors (Lipinski definition) is 4. The van der Waals surface area contributed by atoms with Crippen LogP contribution in [-0.4, -0.2) is 37.9 Å². The Bertz CT molecular complexity index is 293. The molecule has 0 amide bonds. The SMILES string of the molecule is CCNC1(C(=O)OCC)CCCC1CCOCC(C)C. The summed E-state index contributed by atoms with van der Waals surface area (Å²) in [6.07, 6.45) is 3.98. The van der Waals surface area contributed by atoms with Crippen LogP contribution < -0.4 is 5.32 Å². The molecule has 0 saturated heterocycles. The van der Waals surface area contributed by atoms with Gasteiger partial charge in [-0.3, -0.25) is 4.79 Å². The minimum Gasteiger partial charge on any atom is -0.465 e. The van der Waals surface area contributed by atoms with Crippen molar-refractivity contribution in [1.82, 2.24) is 5.32 Å². The first-order valence-electron chi connectivity index (χ1n) is 8.06. The number of ether oxygens (including phenoxy) is 2. The summed E-state index contributed by atoms with van der Waals surface area (Å²) >= 11 is 0. The summed E-state index contributed by atoms with van der Waals surface area (Å²) in [6.45, 7) is 11.0. The topological polar surface area (TPSA) is 47.6 Å². The molecule has 1 rings (SSSR count). The lowest BCUT2D eigenvalue weighted by Crippen LogP contribution is -2.55. The molecule has 20 heavy (non-hydrogen) atoms. The van der Waals surface area contributed by atoms with Crippen molar-refractivity contribution in [3.8, 4) is 0 Å². The molecule has 0 aromatic rings. The van der Waals surface area contributed by atoms with Crippen LogP contribution in [0.1, 0.15) is 53.4 Å². The molecule has 2 unspecified atom stereocenters. The monoisotopic (exact) mass is 285 g/mol. The average Bonchev–Trinajstić information content (AvgIpc) is 2.79. The number of nitrogens with one attached hydrogen (secondary N) is 1. The van der Waals surface area contributed by atoms with E-state index >= 15 is 0 Å². The quantitative estimate of drug-likeness (QED) is 0.523. The Hall–Kier alpha value is -0.610. The van der Waals surface area contributed by atoms with Crippen LogP contribution >= 0.6 is 0 Å². The van der Waals surface area contributed by atoms with E-state index in [4.69, 9.17) is 9.47 Å². The Balaban J connectivity index is 2.59. The molecule has 0 heterocycles. The van der Waals surface area contributed by atoms with Gasteiger partial charge >= 0.3 is 5.97 Å². The van der Waals surface area contributed by atoms with Crippen molar-refractivity contribution in [2.45, 2.75) is 58.9 Å². The molecule has 1 aliphatic rings. The number of carbonyl (C=O) groups is 1. The maximum Gasteiger partial charge on any atom is 0.326 e. The molecule has 0 spiro atoms. The molecule has 0 aromatic heterocycles. The molecule has 1 saturated carbocycles. The van der Waals surface area contributed by atoms with Crippen LogP contribution in [0.2, 0.25) is 0 Å². The Labute approximate surface area is 123 Å². The van der Waals surface area contributed by atoms with Gasteiger partial charge in [-0.25, -0.2) is 0 Å². The first-order chi connectivity index (χ1) is 9.56. The highest BCUT2D eigenvalue weighted by atomic mass is 16.5. The summed E-state index contributed by atoms with van der Waals surface area (Å²) in [5.41, 5.74) is -0.480. The van der Waals surface area contributed by atoms with Crippen molar-refractivity contribution in [2.24, 2.45) is 11.8 Å². The highest BCUT2D eigenvalue weighted by Crippen LogP contribution is 2.39. The number of hydrogen-bond donors (Lipinski definition) is 1. The van der Waals surface area contributed by atoms with Crippen molar-refractivity contribution in [1.29, 1.82) is 0 Å². The van der Waals surface area contributed by atoms with Crippen molar-refractivity contribution in [2.75, 3.05) is 26.4 Å². The summed E-state index contributed by atoms with van der Waals surface area (Å²) in [4.78, 5) is 12.4. The maximum atomic E-state index is 12.4. The molecule has 2 atom stereocenters. The first kappa shape index (κ1) is 17.4. The number of esters is 1. The third-order valence-electron chi connectivity index (χ3n) is 4.01. The lowest BCUT2D eigenvalue weighted by atomic mass is 9.84. The third kappa shape index (κ3) is 4.45. The maximum absolute atomic E-state index is 12.4. The van der Waals surface area contributed by atoms with Gasteiger partial charge in [-0.05, 0) is 44.6 Å². The van der Waals surface area contributed by atoms with Gasteiger partial charge in [-0.2, -0.15) is 0 Å². The summed E-state index contributed by atoms with van der Waals surface area (Å²) < 4.78 is 11.0. The van der Waals surface area contributed by atoms with E-state index in [0.717, 1.165) is 45.4 Å². The fourth-order valence-corrected chi connectivity index (χ4v) is 3.16. The molecule has 0 bridgehead atoms. The van der Waals surface area contributed by atoms with Crippen LogP contribution in [0.25, 0.3) is 0 Å². The highest BCUT2D eigenvalue weighted by Gasteiger charge is 2.49. The zero-order chi connectivity index (χ0) is 15.0. The average molecular weight is 285 g/mol.